The van der Waals surface area contributed by atoms with E-state index < -0.39 is 11.9 Å². The van der Waals surface area contributed by atoms with Crippen molar-refractivity contribution >= 4 is 11.7 Å². The van der Waals surface area contributed by atoms with Crippen LogP contribution in [0.5, 0.6) is 0 Å². The van der Waals surface area contributed by atoms with Crippen molar-refractivity contribution in [2.24, 2.45) is 5.92 Å². The fourth-order valence-corrected chi connectivity index (χ4v) is 2.97. The number of benzene rings is 1. The minimum absolute atomic E-state index is 0.0680. The monoisotopic (exact) mass is 378 g/mol. The first kappa shape index (κ1) is 19.2. The Kier molecular flexibility index (Phi) is 5.65. The van der Waals surface area contributed by atoms with Gasteiger partial charge in [-0.15, -0.1) is 0 Å². The molecule has 0 bridgehead atoms. The number of rotatable bonds is 6. The lowest BCUT2D eigenvalue weighted by molar-refractivity contribution is -0.141. The molecule has 0 aliphatic carbocycles. The van der Waals surface area contributed by atoms with E-state index in [1.54, 1.807) is 7.05 Å². The summed E-state index contributed by atoms with van der Waals surface area (Å²) in [6.07, 6.45) is -4.45. The van der Waals surface area contributed by atoms with Gasteiger partial charge in [0.2, 0.25) is 5.91 Å². The molecule has 2 aromatic rings. The number of amides is 1. The smallest absolute Gasteiger partial charge is 0.366 e. The van der Waals surface area contributed by atoms with Gasteiger partial charge in [0.05, 0.1) is 5.92 Å². The van der Waals surface area contributed by atoms with Crippen LogP contribution in [0.25, 0.3) is 0 Å². The molecule has 8 heteroatoms. The van der Waals surface area contributed by atoms with Crippen molar-refractivity contribution in [3.05, 3.63) is 59.3 Å². The topological polar surface area (TPSA) is 57.3 Å². The van der Waals surface area contributed by atoms with Crippen LogP contribution >= 0.6 is 0 Å². The molecule has 1 fully saturated rings. The highest BCUT2D eigenvalue weighted by atomic mass is 19.4. The summed E-state index contributed by atoms with van der Waals surface area (Å²) in [6, 6.07) is 11.6. The maximum Gasteiger partial charge on any atom is 0.433 e. The van der Waals surface area contributed by atoms with Gasteiger partial charge in [-0.05, 0) is 23.3 Å². The number of alkyl halides is 3. The predicted molar refractivity (Wildman–Crippen MR) is 95.8 cm³/mol. The number of nitrogens with one attached hydrogen (secondary N) is 2. The van der Waals surface area contributed by atoms with E-state index in [0.717, 1.165) is 36.8 Å². The fraction of sp³-hybridized carbons (Fsp3) is 0.368. The summed E-state index contributed by atoms with van der Waals surface area (Å²) in [4.78, 5) is 17.3. The molecule has 1 aliphatic heterocycles. The largest absolute Gasteiger partial charge is 0.433 e. The Balaban J connectivity index is 1.49. The highest BCUT2D eigenvalue weighted by molar-refractivity contribution is 5.79. The maximum atomic E-state index is 12.7. The van der Waals surface area contributed by atoms with Gasteiger partial charge in [0, 0.05) is 33.2 Å². The van der Waals surface area contributed by atoms with E-state index in [1.807, 2.05) is 24.3 Å². The highest BCUT2D eigenvalue weighted by Crippen LogP contribution is 2.28. The Morgan fingerprint density at radius 3 is 2.44 bits per heavy atom. The Bertz CT molecular complexity index is 786. The molecule has 0 saturated carbocycles. The van der Waals surface area contributed by atoms with E-state index in [4.69, 9.17) is 0 Å². The van der Waals surface area contributed by atoms with E-state index in [9.17, 15) is 18.0 Å². The van der Waals surface area contributed by atoms with Crippen LogP contribution in [-0.2, 0) is 24.1 Å². The average molecular weight is 378 g/mol. The van der Waals surface area contributed by atoms with Crippen molar-refractivity contribution < 1.29 is 18.0 Å². The van der Waals surface area contributed by atoms with E-state index in [1.165, 1.54) is 12.1 Å². The number of halogens is 3. The van der Waals surface area contributed by atoms with Gasteiger partial charge in [0.15, 0.2) is 0 Å². The number of hydrogen-bond donors (Lipinski definition) is 2. The zero-order valence-corrected chi connectivity index (χ0v) is 14.9. The van der Waals surface area contributed by atoms with E-state index in [0.29, 0.717) is 6.54 Å². The molecule has 144 valence electrons. The summed E-state index contributed by atoms with van der Waals surface area (Å²) in [5, 5.41) is 5.57. The number of anilines is 1. The Morgan fingerprint density at radius 1 is 1.15 bits per heavy atom. The Hall–Kier alpha value is -2.61. The van der Waals surface area contributed by atoms with Crippen molar-refractivity contribution in [2.75, 3.05) is 25.5 Å². The van der Waals surface area contributed by atoms with Crippen LogP contribution in [-0.4, -0.2) is 35.9 Å². The molecule has 0 unspecified atom stereocenters. The van der Waals surface area contributed by atoms with Gasteiger partial charge >= 0.3 is 6.18 Å². The molecule has 1 amide bonds. The van der Waals surface area contributed by atoms with Gasteiger partial charge in [0.1, 0.15) is 11.5 Å². The lowest BCUT2D eigenvalue weighted by Crippen LogP contribution is -2.52. The number of nitrogens with zero attached hydrogens (tertiary/aromatic N) is 2. The molecule has 2 N–H and O–H groups in total. The summed E-state index contributed by atoms with van der Waals surface area (Å²) in [5.41, 5.74) is 1.17. The first-order valence-electron chi connectivity index (χ1n) is 8.65. The molecule has 3 rings (SSSR count). The minimum atomic E-state index is -4.45. The number of pyridine rings is 1. The molecule has 2 heterocycles. The summed E-state index contributed by atoms with van der Waals surface area (Å²) >= 11 is 0. The molecule has 1 aromatic heterocycles. The fourth-order valence-electron chi connectivity index (χ4n) is 2.97. The second-order valence-electron chi connectivity index (χ2n) is 6.58. The lowest BCUT2D eigenvalue weighted by atomic mass is 9.98. The maximum absolute atomic E-state index is 12.7. The number of hydrogen-bond acceptors (Lipinski definition) is 4. The van der Waals surface area contributed by atoms with Crippen LogP contribution in [0.4, 0.5) is 19.0 Å². The van der Waals surface area contributed by atoms with Crippen molar-refractivity contribution in [3.8, 4) is 0 Å². The van der Waals surface area contributed by atoms with Crippen molar-refractivity contribution in [1.82, 2.24) is 15.2 Å². The number of aromatic nitrogens is 1. The molecule has 1 saturated heterocycles. The first-order chi connectivity index (χ1) is 12.8. The van der Waals surface area contributed by atoms with E-state index in [-0.39, 0.29) is 17.6 Å². The van der Waals surface area contributed by atoms with Gasteiger partial charge < -0.3 is 10.6 Å². The van der Waals surface area contributed by atoms with Crippen molar-refractivity contribution in [3.63, 3.8) is 0 Å². The second-order valence-corrected chi connectivity index (χ2v) is 6.58. The SMILES string of the molecule is CNC(=O)C1CN(Cc2ccc(CNc3cccc(C(F)(F)F)n3)cc2)C1. The molecule has 1 aromatic carbocycles. The Labute approximate surface area is 155 Å². The normalized spacial score (nSPS) is 15.3. The van der Waals surface area contributed by atoms with Crippen LogP contribution in [0, 0.1) is 5.92 Å². The third-order valence-electron chi connectivity index (χ3n) is 4.52. The standard InChI is InChI=1S/C19H21F3N4O/c1-23-18(27)15-11-26(12-15)10-14-7-5-13(6-8-14)9-24-17-4-2-3-16(25-17)19(20,21)22/h2-8,15H,9-12H2,1H3,(H,23,27)(H,24,25). The van der Waals surface area contributed by atoms with Crippen molar-refractivity contribution in [1.29, 1.82) is 0 Å². The molecule has 5 nitrogen and oxygen atoms in total. The van der Waals surface area contributed by atoms with Crippen LogP contribution in [0.3, 0.4) is 0 Å². The quantitative estimate of drug-likeness (QED) is 0.812. The van der Waals surface area contributed by atoms with Crippen molar-refractivity contribution in [2.45, 2.75) is 19.3 Å². The first-order valence-corrected chi connectivity index (χ1v) is 8.65. The third kappa shape index (κ3) is 4.97. The molecule has 27 heavy (non-hydrogen) atoms. The average Bonchev–Trinajstić information content (AvgIpc) is 2.62. The number of carbonyl (C=O) groups is 1. The zero-order valence-electron chi connectivity index (χ0n) is 14.9. The van der Waals surface area contributed by atoms with Gasteiger partial charge in [-0.3, -0.25) is 9.69 Å². The van der Waals surface area contributed by atoms with Gasteiger partial charge in [-0.25, -0.2) is 4.98 Å². The van der Waals surface area contributed by atoms with Crippen LogP contribution in [0.2, 0.25) is 0 Å². The summed E-state index contributed by atoms with van der Waals surface area (Å²) in [6.45, 7) is 2.67. The minimum Gasteiger partial charge on any atom is -0.366 e. The third-order valence-corrected chi connectivity index (χ3v) is 4.52. The molecule has 0 radical (unpaired) electrons. The predicted octanol–water partition coefficient (Wildman–Crippen LogP) is 2.89. The van der Waals surface area contributed by atoms with Gasteiger partial charge in [0.25, 0.3) is 0 Å². The summed E-state index contributed by atoms with van der Waals surface area (Å²) in [7, 11) is 1.65. The summed E-state index contributed by atoms with van der Waals surface area (Å²) < 4.78 is 38.1. The lowest BCUT2D eigenvalue weighted by Gasteiger charge is -2.38. The van der Waals surface area contributed by atoms with Gasteiger partial charge in [-0.1, -0.05) is 30.3 Å². The molecule has 0 spiro atoms. The number of carbonyl (C=O) groups excluding carboxylic acids is 1. The van der Waals surface area contributed by atoms with E-state index >= 15 is 0 Å². The molecule has 0 atom stereocenters. The Morgan fingerprint density at radius 2 is 1.81 bits per heavy atom. The van der Waals surface area contributed by atoms with Gasteiger partial charge in [-0.2, -0.15) is 13.2 Å². The number of likely N-dealkylation sites (tertiary alicyclic amines) is 1. The highest BCUT2D eigenvalue weighted by Gasteiger charge is 2.32. The zero-order chi connectivity index (χ0) is 19.4. The van der Waals surface area contributed by atoms with Crippen LogP contribution in [0.15, 0.2) is 42.5 Å². The van der Waals surface area contributed by atoms with E-state index in [2.05, 4.69) is 20.5 Å². The van der Waals surface area contributed by atoms with Crippen LogP contribution < -0.4 is 10.6 Å². The molecular weight excluding hydrogens is 357 g/mol. The molecule has 1 aliphatic rings. The molecular formula is C19H21F3N4O. The second kappa shape index (κ2) is 7.96. The summed E-state index contributed by atoms with van der Waals surface area (Å²) in [5.74, 6) is 0.337. The van der Waals surface area contributed by atoms with Crippen LogP contribution in [0.1, 0.15) is 16.8 Å².